The van der Waals surface area contributed by atoms with Gasteiger partial charge in [-0.3, -0.25) is 14.4 Å². The Labute approximate surface area is 617 Å². The molecule has 4 rings (SSSR count). The number of ether oxygens (including phenoxy) is 8. The number of amides is 3. The van der Waals surface area contributed by atoms with Crippen LogP contribution in [0.3, 0.4) is 0 Å². The van der Waals surface area contributed by atoms with Crippen LogP contribution >= 0.6 is 0 Å². The third-order valence-corrected chi connectivity index (χ3v) is 20.5. The topological polar surface area (TPSA) is 519 Å². The van der Waals surface area contributed by atoms with Crippen molar-refractivity contribution in [2.45, 2.75) is 380 Å². The molecule has 0 aromatic carbocycles. The summed E-state index contributed by atoms with van der Waals surface area (Å²) in [5.74, 6) is -12.9. The maximum absolute atomic E-state index is 13.8. The lowest BCUT2D eigenvalue weighted by atomic mass is 9.86. The first-order chi connectivity index (χ1) is 50.0. The molecule has 0 radical (unpaired) electrons. The standard InChI is InChI=1S/C73H131N3O29/c1-6-8-9-10-11-12-13-14-15-16-17-18-19-20-21-22-27-30-33-36-54(84)75-47(48(80)35-32-29-26-24-23-25-28-31-34-44(3)7-2)41-98-69-65(93)63(91)61(89)53(102-69)42-100-72(70(94)95)38-52(57(74-46(5)79)67(104-72)60(88)51(83)40-78)103-73(71(96)97)37-49(81)56(66(105-73)59(87)50(82)39-77)76-55(85)43-99-68-64(92)62(90)58(86)45(4)101-68/h32,35,44-45,47-53,56-69,77-78,80-83,86-93H,6-31,33-34,36-43H2,1-5H3,(H,74,79)(H,75,84)(H,76,85)(H,94,95)(H,96,97)/b35-32+/t44?,45-,47-,48+,49-,50+,51+,52-,53+,56+,57+,58+,59+,60+,61+,62+,63-,64-,65+,66+,67+,68+,69+,72?,73+/m0/s1. The van der Waals surface area contributed by atoms with Crippen LogP contribution in [0, 0.1) is 5.92 Å². The van der Waals surface area contributed by atoms with E-state index < -0.39 is 222 Å². The van der Waals surface area contributed by atoms with Crippen LogP contribution in [0.2, 0.25) is 0 Å². The first kappa shape index (κ1) is 93.6. The molecule has 2 unspecified atom stereocenters. The van der Waals surface area contributed by atoms with Crippen LogP contribution < -0.4 is 16.0 Å². The second-order valence-electron chi connectivity index (χ2n) is 29.3. The molecule has 105 heavy (non-hydrogen) atoms. The fraction of sp³-hybridized carbons (Fsp3) is 0.904. The zero-order chi connectivity index (χ0) is 77.8. The summed E-state index contributed by atoms with van der Waals surface area (Å²) in [5, 5.41) is 182. The molecule has 4 fully saturated rings. The zero-order valence-corrected chi connectivity index (χ0v) is 62.4. The van der Waals surface area contributed by atoms with Crippen molar-refractivity contribution in [3.63, 3.8) is 0 Å². The molecule has 4 aliphatic rings. The number of carboxylic acid groups (broad SMARTS) is 2. The van der Waals surface area contributed by atoms with Gasteiger partial charge < -0.3 is 136 Å². The van der Waals surface area contributed by atoms with Gasteiger partial charge >= 0.3 is 11.9 Å². The van der Waals surface area contributed by atoms with Crippen molar-refractivity contribution < 1.29 is 144 Å². The Kier molecular flexibility index (Phi) is 44.1. The number of carbonyl (C=O) groups excluding carboxylic acids is 3. The minimum Gasteiger partial charge on any atom is -0.477 e. The van der Waals surface area contributed by atoms with Crippen molar-refractivity contribution in [2.75, 3.05) is 33.0 Å². The van der Waals surface area contributed by atoms with Gasteiger partial charge in [-0.05, 0) is 32.1 Å². The highest BCUT2D eigenvalue weighted by molar-refractivity contribution is 5.79. The van der Waals surface area contributed by atoms with Crippen LogP contribution in [0.25, 0.3) is 0 Å². The van der Waals surface area contributed by atoms with E-state index in [4.69, 9.17) is 37.9 Å². The Morgan fingerprint density at radius 1 is 0.562 bits per heavy atom. The van der Waals surface area contributed by atoms with Crippen LogP contribution in [0.15, 0.2) is 12.2 Å². The highest BCUT2D eigenvalue weighted by Gasteiger charge is 2.63. The predicted molar refractivity (Wildman–Crippen MR) is 377 cm³/mol. The van der Waals surface area contributed by atoms with E-state index >= 15 is 0 Å². The van der Waals surface area contributed by atoms with Gasteiger partial charge in [0.2, 0.25) is 17.7 Å². The average molecular weight is 1510 g/mol. The number of carbonyl (C=O) groups is 5. The van der Waals surface area contributed by atoms with E-state index in [1.807, 2.05) is 0 Å². The largest absolute Gasteiger partial charge is 0.477 e. The van der Waals surface area contributed by atoms with Crippen LogP contribution in [0.1, 0.15) is 234 Å². The normalized spacial score (nSPS) is 31.5. The molecule has 4 aliphatic heterocycles. The molecule has 32 nitrogen and oxygen atoms in total. The van der Waals surface area contributed by atoms with Crippen LogP contribution in [0.4, 0.5) is 0 Å². The molecule has 3 amide bonds. The van der Waals surface area contributed by atoms with Gasteiger partial charge in [-0.2, -0.15) is 0 Å². The summed E-state index contributed by atoms with van der Waals surface area (Å²) in [4.78, 5) is 67.5. The molecule has 0 aromatic rings. The molecule has 32 heteroatoms. The highest BCUT2D eigenvalue weighted by atomic mass is 16.8. The second-order valence-corrected chi connectivity index (χ2v) is 29.3. The van der Waals surface area contributed by atoms with Crippen LogP contribution in [0.5, 0.6) is 0 Å². The Hall–Kier alpha value is -3.79. The molecule has 612 valence electrons. The summed E-state index contributed by atoms with van der Waals surface area (Å²) in [6, 6.07) is -5.15. The summed E-state index contributed by atoms with van der Waals surface area (Å²) >= 11 is 0. The van der Waals surface area contributed by atoms with Crippen molar-refractivity contribution in [1.29, 1.82) is 0 Å². The zero-order valence-electron chi connectivity index (χ0n) is 62.4. The van der Waals surface area contributed by atoms with Gasteiger partial charge in [0.25, 0.3) is 11.6 Å². The van der Waals surface area contributed by atoms with Gasteiger partial charge in [-0.25, -0.2) is 9.59 Å². The SMILES string of the molecule is CCCCCCCCCCCCCCCCCCCCCC(=O)N[C@@H](CO[C@@H]1O[C@H](COC2(C(=O)O)C[C@H](O[C@]3(C(=O)O)C[C@H](O)[C@@H](NC(=O)CO[C@@H]4O[C@@H](C)[C@@H](O)[C@@H](O)[C@@H]4O)[C@H]([C@H](O)[C@H](O)CO)O3)[C@@H](NC(C)=O)[C@H]([C@H](O)[C@H](O)CO)O2)[C@@H](O)[C@H](O)[C@H]1O)[C@H](O)/C=C/CCCCCCCCC(C)CC. The number of allylic oxidation sites excluding steroid dienone is 1. The minimum atomic E-state index is -3.38. The van der Waals surface area contributed by atoms with Gasteiger partial charge in [0, 0.05) is 26.2 Å². The van der Waals surface area contributed by atoms with Crippen molar-refractivity contribution in [2.24, 2.45) is 5.92 Å². The summed E-state index contributed by atoms with van der Waals surface area (Å²) < 4.78 is 46.3. The third-order valence-electron chi connectivity index (χ3n) is 20.5. The number of aliphatic carboxylic acids is 2. The molecule has 25 atom stereocenters. The van der Waals surface area contributed by atoms with E-state index in [9.17, 15) is 106 Å². The van der Waals surface area contributed by atoms with E-state index in [2.05, 4.69) is 36.7 Å². The van der Waals surface area contributed by atoms with E-state index in [-0.39, 0.29) is 6.42 Å². The molecule has 0 spiro atoms. The van der Waals surface area contributed by atoms with Crippen molar-refractivity contribution in [1.82, 2.24) is 16.0 Å². The first-order valence-electron chi connectivity index (χ1n) is 38.6. The van der Waals surface area contributed by atoms with E-state index in [0.29, 0.717) is 18.8 Å². The summed E-state index contributed by atoms with van der Waals surface area (Å²) in [6.45, 7) is 3.63. The average Bonchev–Trinajstić information content (AvgIpc) is 0.744. The molecule has 0 bridgehead atoms. The molecular formula is C73H131N3O29. The molecule has 0 saturated carbocycles. The van der Waals surface area contributed by atoms with E-state index in [1.54, 1.807) is 6.08 Å². The number of carboxylic acids is 2. The number of hydrogen-bond acceptors (Lipinski definition) is 27. The van der Waals surface area contributed by atoms with Gasteiger partial charge in [-0.1, -0.05) is 193 Å². The molecule has 4 heterocycles. The van der Waals surface area contributed by atoms with Gasteiger partial charge in [-0.15, -0.1) is 0 Å². The van der Waals surface area contributed by atoms with Crippen molar-refractivity contribution in [3.05, 3.63) is 12.2 Å². The van der Waals surface area contributed by atoms with E-state index in [1.165, 1.54) is 109 Å². The van der Waals surface area contributed by atoms with Crippen LogP contribution in [-0.4, -0.2) is 290 Å². The number of aliphatic hydroxyl groups is 14. The lowest BCUT2D eigenvalue weighted by molar-refractivity contribution is -0.365. The van der Waals surface area contributed by atoms with E-state index in [0.717, 1.165) is 77.6 Å². The Balaban J connectivity index is 1.52. The fourth-order valence-electron chi connectivity index (χ4n) is 13.7. The molecule has 0 aliphatic carbocycles. The van der Waals surface area contributed by atoms with Gasteiger partial charge in [0.1, 0.15) is 86.0 Å². The molecule has 19 N–H and O–H groups in total. The van der Waals surface area contributed by atoms with Crippen LogP contribution in [-0.2, 0) is 61.9 Å². The Morgan fingerprint density at radius 2 is 1.05 bits per heavy atom. The summed E-state index contributed by atoms with van der Waals surface area (Å²) in [5.41, 5.74) is 0. The predicted octanol–water partition coefficient (Wildman–Crippen LogP) is 1.37. The molecular weight excluding hydrogens is 1380 g/mol. The fourth-order valence-corrected chi connectivity index (χ4v) is 13.7. The number of nitrogens with one attached hydrogen (secondary N) is 3. The summed E-state index contributed by atoms with van der Waals surface area (Å²) in [6.07, 6.45) is -5.41. The quantitative estimate of drug-likeness (QED) is 0.0302. The van der Waals surface area contributed by atoms with Crippen molar-refractivity contribution >= 4 is 29.7 Å². The number of unbranched alkanes of at least 4 members (excludes halogenated alkanes) is 24. The van der Waals surface area contributed by atoms with Gasteiger partial charge in [0.05, 0.1) is 69.0 Å². The Morgan fingerprint density at radius 3 is 1.56 bits per heavy atom. The van der Waals surface area contributed by atoms with Gasteiger partial charge in [0.15, 0.2) is 12.6 Å². The monoisotopic (exact) mass is 1510 g/mol. The lowest BCUT2D eigenvalue weighted by Crippen LogP contribution is -2.72. The third kappa shape index (κ3) is 30.8. The minimum absolute atomic E-state index is 0.116. The maximum Gasteiger partial charge on any atom is 0.364 e. The Bertz CT molecular complexity index is 2480. The molecule has 4 saturated heterocycles. The first-order valence-corrected chi connectivity index (χ1v) is 38.6. The summed E-state index contributed by atoms with van der Waals surface area (Å²) in [7, 11) is 0. The second kappa shape index (κ2) is 49.5. The highest BCUT2D eigenvalue weighted by Crippen LogP contribution is 2.42. The maximum atomic E-state index is 13.8. The van der Waals surface area contributed by atoms with Crippen molar-refractivity contribution in [3.8, 4) is 0 Å². The molecule has 0 aromatic heterocycles. The smallest absolute Gasteiger partial charge is 0.364 e. The number of rotatable bonds is 54. The number of aliphatic hydroxyl groups excluding tert-OH is 14. The lowest BCUT2D eigenvalue weighted by Gasteiger charge is -2.52. The number of hydrogen-bond donors (Lipinski definition) is 19.